The number of rotatable bonds is 0. The van der Waals surface area contributed by atoms with E-state index in [0.717, 1.165) is 0 Å². The summed E-state index contributed by atoms with van der Waals surface area (Å²) >= 11 is 0. The average molecular weight is 152 g/mol. The van der Waals surface area contributed by atoms with Crippen molar-refractivity contribution in [1.82, 2.24) is 0 Å². The molecule has 7 heteroatoms. The molecule has 0 saturated carbocycles. The van der Waals surface area contributed by atoms with Gasteiger partial charge < -0.3 is 5.11 Å². The molecule has 0 atom stereocenters. The van der Waals surface area contributed by atoms with E-state index in [2.05, 4.69) is 0 Å². The van der Waals surface area contributed by atoms with E-state index in [0.29, 0.717) is 0 Å². The Kier molecular flexibility index (Phi) is 9.22. The number of halogens is 3. The van der Waals surface area contributed by atoms with Crippen molar-refractivity contribution in [2.45, 2.75) is 6.18 Å². The summed E-state index contributed by atoms with van der Waals surface area (Å²) in [6.45, 7) is 0. The minimum absolute atomic E-state index is 0. The third-order valence-corrected chi connectivity index (χ3v) is 0.243. The predicted octanol–water partition coefficient (Wildman–Crippen LogP) is -3.81. The van der Waals surface area contributed by atoms with Crippen molar-refractivity contribution in [1.29, 1.82) is 0 Å². The molecule has 0 unspecified atom stereocenters. The zero-order chi connectivity index (χ0) is 6.08. The fourth-order valence-corrected chi connectivity index (χ4v) is 0. The van der Waals surface area contributed by atoms with Crippen molar-refractivity contribution < 1.29 is 52.6 Å². The van der Waals surface area contributed by atoms with Crippen molar-refractivity contribution in [3.05, 3.63) is 0 Å². The number of carbonyl (C=O) groups is 1. The Balaban J connectivity index is -0.000000180. The van der Waals surface area contributed by atoms with Crippen LogP contribution >= 0.6 is 0 Å². The first-order valence-corrected chi connectivity index (χ1v) is 1.24. The van der Waals surface area contributed by atoms with E-state index >= 15 is 0 Å². The molecular formula is C2H5BF3NaO2. The van der Waals surface area contributed by atoms with Gasteiger partial charge >= 0.3 is 41.7 Å². The van der Waals surface area contributed by atoms with E-state index in [4.69, 9.17) is 9.90 Å². The Morgan fingerprint density at radius 3 is 1.44 bits per heavy atom. The Labute approximate surface area is 73.3 Å². The number of aliphatic carboxylic acids is 1. The molecule has 0 heterocycles. The quantitative estimate of drug-likeness (QED) is 0.361. The number of alkyl halides is 3. The molecule has 0 saturated heterocycles. The summed E-state index contributed by atoms with van der Waals surface area (Å²) in [7, 11) is 0. The summed E-state index contributed by atoms with van der Waals surface area (Å²) in [6, 6.07) is 0. The standard InChI is InChI=1S/C2HF3O2.BH4.Na/c3-2(4,5)1(6)7;;/h(H,6,7);1H4;/q;-1;+1. The van der Waals surface area contributed by atoms with Crippen molar-refractivity contribution in [3.8, 4) is 0 Å². The number of carboxylic acids is 1. The fourth-order valence-electron chi connectivity index (χ4n) is 0. The summed E-state index contributed by atoms with van der Waals surface area (Å²) in [6.07, 6.45) is -5.08. The smallest absolute Gasteiger partial charge is 0.475 e. The third-order valence-electron chi connectivity index (χ3n) is 0.243. The van der Waals surface area contributed by atoms with Gasteiger partial charge in [-0.2, -0.15) is 13.2 Å². The van der Waals surface area contributed by atoms with Crippen LogP contribution in [0.25, 0.3) is 0 Å². The topological polar surface area (TPSA) is 37.3 Å². The van der Waals surface area contributed by atoms with Crippen LogP contribution in [0.4, 0.5) is 13.2 Å². The van der Waals surface area contributed by atoms with E-state index < -0.39 is 12.1 Å². The van der Waals surface area contributed by atoms with Gasteiger partial charge in [0.25, 0.3) is 0 Å². The van der Waals surface area contributed by atoms with Crippen molar-refractivity contribution in [3.63, 3.8) is 0 Å². The van der Waals surface area contributed by atoms with Gasteiger partial charge in [0, 0.05) is 0 Å². The maximum absolute atomic E-state index is 10.6. The Bertz CT molecular complexity index is 92.3. The molecule has 0 spiro atoms. The van der Waals surface area contributed by atoms with Gasteiger partial charge in [-0.25, -0.2) is 4.79 Å². The molecule has 50 valence electrons. The van der Waals surface area contributed by atoms with Crippen LogP contribution in [-0.4, -0.2) is 25.7 Å². The number of hydrogen-bond acceptors (Lipinski definition) is 1. The van der Waals surface area contributed by atoms with E-state index in [1.54, 1.807) is 0 Å². The molecule has 0 amide bonds. The molecule has 9 heavy (non-hydrogen) atoms. The second-order valence-electron chi connectivity index (χ2n) is 0.803. The van der Waals surface area contributed by atoms with Crippen LogP contribution in [0.5, 0.6) is 0 Å². The Morgan fingerprint density at radius 2 is 1.44 bits per heavy atom. The number of hydrogen-bond donors (Lipinski definition) is 1. The molecule has 0 aromatic heterocycles. The minimum Gasteiger partial charge on any atom is -0.475 e. The molecular weight excluding hydrogens is 147 g/mol. The van der Waals surface area contributed by atoms with Gasteiger partial charge in [-0.1, -0.05) is 8.41 Å². The third kappa shape index (κ3) is 8.32. The second kappa shape index (κ2) is 5.14. The van der Waals surface area contributed by atoms with Gasteiger partial charge in [0.2, 0.25) is 0 Å². The molecule has 0 aliphatic heterocycles. The van der Waals surface area contributed by atoms with E-state index in [9.17, 15) is 13.2 Å². The van der Waals surface area contributed by atoms with Crippen LogP contribution in [0.15, 0.2) is 0 Å². The largest absolute Gasteiger partial charge is 1.00 e. The van der Waals surface area contributed by atoms with Gasteiger partial charge in [0.1, 0.15) is 0 Å². The molecule has 0 aliphatic rings. The first-order valence-electron chi connectivity index (χ1n) is 1.24. The maximum Gasteiger partial charge on any atom is 1.00 e. The molecule has 1 N–H and O–H groups in total. The summed E-state index contributed by atoms with van der Waals surface area (Å²) < 4.78 is 31.7. The van der Waals surface area contributed by atoms with Crippen molar-refractivity contribution >= 4 is 14.4 Å². The molecule has 0 rings (SSSR count). The first-order chi connectivity index (χ1) is 2.94. The fraction of sp³-hybridized carbons (Fsp3) is 0.500. The monoisotopic (exact) mass is 152 g/mol. The molecule has 0 aromatic carbocycles. The SMILES string of the molecule is O=C(O)C(F)(F)F.[BH4-].[Na+]. The van der Waals surface area contributed by atoms with Gasteiger partial charge in [-0.3, -0.25) is 0 Å². The maximum atomic E-state index is 10.6. The molecule has 0 radical (unpaired) electrons. The van der Waals surface area contributed by atoms with Crippen molar-refractivity contribution in [2.75, 3.05) is 0 Å². The van der Waals surface area contributed by atoms with Crippen LogP contribution in [0, 0.1) is 0 Å². The first kappa shape index (κ1) is 16.2. The zero-order valence-corrected chi connectivity index (χ0v) is 5.99. The second-order valence-corrected chi connectivity index (χ2v) is 0.803. The summed E-state index contributed by atoms with van der Waals surface area (Å²) in [5, 5.41) is 7.12. The Morgan fingerprint density at radius 1 is 1.33 bits per heavy atom. The van der Waals surface area contributed by atoms with Gasteiger partial charge in [0.15, 0.2) is 0 Å². The van der Waals surface area contributed by atoms with E-state index in [1.807, 2.05) is 0 Å². The van der Waals surface area contributed by atoms with E-state index in [1.165, 1.54) is 0 Å². The van der Waals surface area contributed by atoms with Crippen LogP contribution in [0.3, 0.4) is 0 Å². The van der Waals surface area contributed by atoms with Crippen LogP contribution < -0.4 is 29.6 Å². The minimum atomic E-state index is -5.08. The Hall–Kier alpha value is 0.325. The molecule has 0 aromatic rings. The summed E-state index contributed by atoms with van der Waals surface area (Å²) in [4.78, 5) is 8.90. The molecule has 0 fully saturated rings. The average Bonchev–Trinajstić information content (AvgIpc) is 1.31. The number of carboxylic acid groups (broad SMARTS) is 1. The zero-order valence-electron chi connectivity index (χ0n) is 3.99. The molecule has 0 aliphatic carbocycles. The molecule has 0 bridgehead atoms. The van der Waals surface area contributed by atoms with Crippen LogP contribution in [0.1, 0.15) is 0 Å². The summed E-state index contributed by atoms with van der Waals surface area (Å²) in [5.41, 5.74) is 0. The normalized spacial score (nSPS) is 8.78. The van der Waals surface area contributed by atoms with Crippen molar-refractivity contribution in [2.24, 2.45) is 0 Å². The van der Waals surface area contributed by atoms with E-state index in [-0.39, 0.29) is 38.0 Å². The summed E-state index contributed by atoms with van der Waals surface area (Å²) in [5.74, 6) is -2.76. The van der Waals surface area contributed by atoms with Crippen LogP contribution in [-0.2, 0) is 4.79 Å². The van der Waals surface area contributed by atoms with Crippen LogP contribution in [0.2, 0.25) is 0 Å². The van der Waals surface area contributed by atoms with Gasteiger partial charge in [-0.15, -0.1) is 0 Å². The van der Waals surface area contributed by atoms with Gasteiger partial charge in [0.05, 0.1) is 0 Å². The van der Waals surface area contributed by atoms with Gasteiger partial charge in [-0.05, 0) is 0 Å². The molecule has 2 nitrogen and oxygen atoms in total. The predicted molar refractivity (Wildman–Crippen MR) is 25.0 cm³/mol.